The highest BCUT2D eigenvalue weighted by molar-refractivity contribution is 9.10. The molecule has 0 amide bonds. The number of halogens is 2. The van der Waals surface area contributed by atoms with E-state index in [0.717, 1.165) is 4.47 Å². The fraction of sp³-hybridized carbons (Fsp3) is 0. The predicted molar refractivity (Wildman–Crippen MR) is 99.7 cm³/mol. The molecule has 1 aromatic heterocycles. The van der Waals surface area contributed by atoms with E-state index in [0.29, 0.717) is 10.0 Å². The van der Waals surface area contributed by atoms with Crippen LogP contribution in [0.1, 0.15) is 16.1 Å². The van der Waals surface area contributed by atoms with E-state index in [2.05, 4.69) is 41.8 Å². The largest absolute Gasteiger partial charge is 0.479 e. The first kappa shape index (κ1) is 17.4. The fourth-order valence-corrected chi connectivity index (χ4v) is 2.90. The molecule has 3 rings (SSSR count). The molecule has 0 radical (unpaired) electrons. The summed E-state index contributed by atoms with van der Waals surface area (Å²) >= 11 is 6.61. The first-order valence-corrected chi connectivity index (χ1v) is 8.56. The van der Waals surface area contributed by atoms with Gasteiger partial charge in [0.2, 0.25) is 5.89 Å². The summed E-state index contributed by atoms with van der Waals surface area (Å²) < 4.78 is 6.66. The van der Waals surface area contributed by atoms with Crippen molar-refractivity contribution in [2.24, 2.45) is 4.99 Å². The van der Waals surface area contributed by atoms with Crippen LogP contribution in [0.3, 0.4) is 0 Å². The number of aliphatic imine (C=N–C) groups is 1. The quantitative estimate of drug-likeness (QED) is 0.527. The Morgan fingerprint density at radius 2 is 1.96 bits per heavy atom. The summed E-state index contributed by atoms with van der Waals surface area (Å²) in [4.78, 5) is 19.6. The summed E-state index contributed by atoms with van der Waals surface area (Å²) in [7, 11) is 0. The first-order valence-electron chi connectivity index (χ1n) is 6.97. The molecule has 0 saturated carbocycles. The summed E-state index contributed by atoms with van der Waals surface area (Å²) in [5.41, 5.74) is 1.04. The van der Waals surface area contributed by atoms with Gasteiger partial charge < -0.3 is 14.6 Å². The van der Waals surface area contributed by atoms with Crippen molar-refractivity contribution in [1.29, 1.82) is 0 Å². The van der Waals surface area contributed by atoms with Crippen molar-refractivity contribution < 1.29 is 19.4 Å². The Labute approximate surface area is 159 Å². The lowest BCUT2D eigenvalue weighted by atomic mass is 10.2. The standard InChI is InChI=1S/C17H10Br2N2O4/c18-9-5-6-13(11(7-9)16(22)23)20-8-14-17(24)25-15(21-14)10-3-1-2-4-12(10)19/h1-8,24H,(H,22,23). The molecule has 0 aliphatic heterocycles. The van der Waals surface area contributed by atoms with Gasteiger partial charge in [0.25, 0.3) is 0 Å². The van der Waals surface area contributed by atoms with Gasteiger partial charge in [-0.05, 0) is 46.3 Å². The van der Waals surface area contributed by atoms with Gasteiger partial charge in [0.1, 0.15) is 0 Å². The molecule has 2 N–H and O–H groups in total. The summed E-state index contributed by atoms with van der Waals surface area (Å²) in [6.45, 7) is 0. The summed E-state index contributed by atoms with van der Waals surface area (Å²) in [5.74, 6) is -1.28. The van der Waals surface area contributed by atoms with Crippen LogP contribution in [0.15, 0.2) is 60.8 Å². The van der Waals surface area contributed by atoms with Crippen LogP contribution in [0.5, 0.6) is 5.95 Å². The molecule has 1 heterocycles. The second-order valence-corrected chi connectivity index (χ2v) is 6.68. The normalized spacial score (nSPS) is 11.1. The van der Waals surface area contributed by atoms with Crippen molar-refractivity contribution in [1.82, 2.24) is 4.98 Å². The zero-order valence-electron chi connectivity index (χ0n) is 12.5. The number of hydrogen-bond donors (Lipinski definition) is 2. The number of oxazole rings is 1. The molecule has 6 nitrogen and oxygen atoms in total. The van der Waals surface area contributed by atoms with Gasteiger partial charge in [-0.1, -0.05) is 28.1 Å². The van der Waals surface area contributed by atoms with E-state index in [4.69, 9.17) is 4.42 Å². The van der Waals surface area contributed by atoms with E-state index >= 15 is 0 Å². The van der Waals surface area contributed by atoms with Crippen LogP contribution >= 0.6 is 31.9 Å². The average molecular weight is 466 g/mol. The smallest absolute Gasteiger partial charge is 0.337 e. The van der Waals surface area contributed by atoms with Gasteiger partial charge in [-0.25, -0.2) is 9.78 Å². The molecule has 0 aliphatic rings. The molecular weight excluding hydrogens is 456 g/mol. The van der Waals surface area contributed by atoms with Crippen LogP contribution in [0.4, 0.5) is 5.69 Å². The van der Waals surface area contributed by atoms with Crippen molar-refractivity contribution in [3.63, 3.8) is 0 Å². The summed E-state index contributed by atoms with van der Waals surface area (Å²) in [6, 6.07) is 11.9. The van der Waals surface area contributed by atoms with Crippen molar-refractivity contribution in [3.8, 4) is 17.4 Å². The predicted octanol–water partition coefficient (Wildman–Crippen LogP) is 5.02. The molecular formula is C17H10Br2N2O4. The fourth-order valence-electron chi connectivity index (χ4n) is 2.08. The SMILES string of the molecule is O=C(O)c1cc(Br)ccc1N=Cc1nc(-c2ccccc2Br)oc1O. The van der Waals surface area contributed by atoms with Gasteiger partial charge in [0.05, 0.1) is 23.0 Å². The zero-order valence-corrected chi connectivity index (χ0v) is 15.7. The van der Waals surface area contributed by atoms with Gasteiger partial charge >= 0.3 is 11.9 Å². The van der Waals surface area contributed by atoms with E-state index in [1.54, 1.807) is 18.2 Å². The third kappa shape index (κ3) is 3.80. The molecule has 0 atom stereocenters. The van der Waals surface area contributed by atoms with Gasteiger partial charge in [-0.2, -0.15) is 0 Å². The number of hydrogen-bond acceptors (Lipinski definition) is 5. The number of benzene rings is 2. The molecule has 126 valence electrons. The minimum absolute atomic E-state index is 0.0274. The zero-order chi connectivity index (χ0) is 18.0. The molecule has 8 heteroatoms. The number of carboxylic acids is 1. The van der Waals surface area contributed by atoms with E-state index < -0.39 is 11.9 Å². The van der Waals surface area contributed by atoms with Gasteiger partial charge in [0.15, 0.2) is 5.69 Å². The molecule has 0 saturated heterocycles. The van der Waals surface area contributed by atoms with Crippen LogP contribution in [0, 0.1) is 0 Å². The third-order valence-electron chi connectivity index (χ3n) is 3.25. The maximum absolute atomic E-state index is 11.3. The molecule has 2 aromatic carbocycles. The van der Waals surface area contributed by atoms with Crippen molar-refractivity contribution in [2.75, 3.05) is 0 Å². The molecule has 25 heavy (non-hydrogen) atoms. The lowest BCUT2D eigenvalue weighted by Gasteiger charge is -2.00. The maximum atomic E-state index is 11.3. The third-order valence-corrected chi connectivity index (χ3v) is 4.44. The molecule has 0 aliphatic carbocycles. The number of aromatic carboxylic acids is 1. The summed E-state index contributed by atoms with van der Waals surface area (Å²) in [6.07, 6.45) is 1.26. The first-order chi connectivity index (χ1) is 12.0. The molecule has 0 bridgehead atoms. The van der Waals surface area contributed by atoms with Crippen LogP contribution in [-0.2, 0) is 0 Å². The molecule has 0 unspecified atom stereocenters. The topological polar surface area (TPSA) is 95.9 Å². The highest BCUT2D eigenvalue weighted by Crippen LogP contribution is 2.31. The Bertz CT molecular complexity index is 983. The number of aromatic nitrogens is 1. The lowest BCUT2D eigenvalue weighted by Crippen LogP contribution is -1.96. The van der Waals surface area contributed by atoms with Crippen LogP contribution < -0.4 is 0 Å². The number of aromatic hydroxyl groups is 1. The van der Waals surface area contributed by atoms with Crippen molar-refractivity contribution in [3.05, 3.63) is 62.7 Å². The molecule has 0 spiro atoms. The van der Waals surface area contributed by atoms with E-state index in [1.807, 2.05) is 18.2 Å². The minimum Gasteiger partial charge on any atom is -0.479 e. The Kier molecular flexibility index (Phi) is 5.00. The second-order valence-electron chi connectivity index (χ2n) is 4.91. The highest BCUT2D eigenvalue weighted by atomic mass is 79.9. The van der Waals surface area contributed by atoms with E-state index in [1.165, 1.54) is 12.3 Å². The van der Waals surface area contributed by atoms with Crippen LogP contribution in [0.2, 0.25) is 0 Å². The second kappa shape index (κ2) is 7.20. The Morgan fingerprint density at radius 3 is 2.68 bits per heavy atom. The Balaban J connectivity index is 1.96. The monoisotopic (exact) mass is 464 g/mol. The number of carboxylic acid groups (broad SMARTS) is 1. The van der Waals surface area contributed by atoms with Gasteiger partial charge in [-0.15, -0.1) is 0 Å². The van der Waals surface area contributed by atoms with Crippen molar-refractivity contribution in [2.45, 2.75) is 0 Å². The van der Waals surface area contributed by atoms with Crippen molar-refractivity contribution >= 4 is 49.7 Å². The minimum atomic E-state index is -1.10. The molecule has 0 fully saturated rings. The van der Waals surface area contributed by atoms with Crippen LogP contribution in [0.25, 0.3) is 11.5 Å². The Hall–Kier alpha value is -2.45. The average Bonchev–Trinajstić information content (AvgIpc) is 2.94. The molecule has 3 aromatic rings. The highest BCUT2D eigenvalue weighted by Gasteiger charge is 2.15. The Morgan fingerprint density at radius 1 is 1.20 bits per heavy atom. The van der Waals surface area contributed by atoms with Gasteiger partial charge in [0, 0.05) is 8.95 Å². The summed E-state index contributed by atoms with van der Waals surface area (Å²) in [5, 5.41) is 19.2. The van der Waals surface area contributed by atoms with E-state index in [9.17, 15) is 15.0 Å². The van der Waals surface area contributed by atoms with E-state index in [-0.39, 0.29) is 22.8 Å². The maximum Gasteiger partial charge on any atom is 0.337 e. The van der Waals surface area contributed by atoms with Gasteiger partial charge in [-0.3, -0.25) is 4.99 Å². The number of carbonyl (C=O) groups is 1. The lowest BCUT2D eigenvalue weighted by molar-refractivity contribution is 0.0697. The number of rotatable bonds is 4. The number of nitrogens with zero attached hydrogens (tertiary/aromatic N) is 2. The van der Waals surface area contributed by atoms with Crippen LogP contribution in [-0.4, -0.2) is 27.4 Å².